The third-order valence-corrected chi connectivity index (χ3v) is 2.14. The maximum atomic E-state index is 11.2. The van der Waals surface area contributed by atoms with Crippen LogP contribution in [0.25, 0.3) is 0 Å². The van der Waals surface area contributed by atoms with Crippen LogP contribution in [0.3, 0.4) is 0 Å². The second-order valence-electron chi connectivity index (χ2n) is 3.83. The highest BCUT2D eigenvalue weighted by atomic mass is 16.4. The van der Waals surface area contributed by atoms with Crippen molar-refractivity contribution < 1.29 is 19.5 Å². The van der Waals surface area contributed by atoms with Crippen LogP contribution < -0.4 is 5.32 Å². The summed E-state index contributed by atoms with van der Waals surface area (Å²) in [5, 5.41) is 11.2. The van der Waals surface area contributed by atoms with E-state index in [4.69, 9.17) is 5.11 Å². The third-order valence-electron chi connectivity index (χ3n) is 2.14. The van der Waals surface area contributed by atoms with Crippen LogP contribution in [0.2, 0.25) is 0 Å². The van der Waals surface area contributed by atoms with E-state index >= 15 is 0 Å². The molecule has 0 rings (SSSR count). The van der Waals surface area contributed by atoms with Crippen molar-refractivity contribution in [1.29, 1.82) is 0 Å². The summed E-state index contributed by atoms with van der Waals surface area (Å²) in [6.45, 7) is 3.32. The van der Waals surface area contributed by atoms with E-state index in [-0.39, 0.29) is 12.2 Å². The second kappa shape index (κ2) is 7.84. The number of unbranched alkanes of at least 4 members (excludes halogenated alkanes) is 2. The van der Waals surface area contributed by atoms with Crippen LogP contribution in [0, 0.1) is 0 Å². The second-order valence-corrected chi connectivity index (χ2v) is 3.83. The average Bonchev–Trinajstić information content (AvgIpc) is 2.15. The molecule has 0 heterocycles. The molecule has 0 aliphatic carbocycles. The van der Waals surface area contributed by atoms with Crippen LogP contribution in [0.15, 0.2) is 0 Å². The summed E-state index contributed by atoms with van der Waals surface area (Å²) < 4.78 is 0. The Morgan fingerprint density at radius 2 is 1.88 bits per heavy atom. The first kappa shape index (κ1) is 14.6. The average molecular weight is 229 g/mol. The van der Waals surface area contributed by atoms with Gasteiger partial charge in [-0.2, -0.15) is 0 Å². The number of carboxylic acid groups (broad SMARTS) is 1. The van der Waals surface area contributed by atoms with E-state index in [0.717, 1.165) is 19.3 Å². The van der Waals surface area contributed by atoms with Gasteiger partial charge < -0.3 is 10.4 Å². The number of rotatable bonds is 8. The molecule has 0 spiro atoms. The SMILES string of the molecule is CCCCCC(NC(=O)CC(C)=O)C(=O)O. The van der Waals surface area contributed by atoms with Crippen molar-refractivity contribution >= 4 is 17.7 Å². The van der Waals surface area contributed by atoms with Gasteiger partial charge in [-0.15, -0.1) is 0 Å². The molecular formula is C11H19NO4. The number of carbonyl (C=O) groups is 3. The molecule has 0 aromatic heterocycles. The fourth-order valence-electron chi connectivity index (χ4n) is 1.33. The van der Waals surface area contributed by atoms with Gasteiger partial charge in [-0.1, -0.05) is 26.2 Å². The molecule has 0 aromatic rings. The van der Waals surface area contributed by atoms with Crippen molar-refractivity contribution in [3.8, 4) is 0 Å². The fraction of sp³-hybridized carbons (Fsp3) is 0.727. The monoisotopic (exact) mass is 229 g/mol. The van der Waals surface area contributed by atoms with Gasteiger partial charge in [0.1, 0.15) is 11.8 Å². The molecule has 0 saturated carbocycles. The zero-order valence-electron chi connectivity index (χ0n) is 9.78. The highest BCUT2D eigenvalue weighted by Gasteiger charge is 2.19. The Hall–Kier alpha value is -1.39. The number of hydrogen-bond acceptors (Lipinski definition) is 3. The molecule has 5 nitrogen and oxygen atoms in total. The Labute approximate surface area is 95.2 Å². The van der Waals surface area contributed by atoms with Crippen LogP contribution in [0.1, 0.15) is 46.0 Å². The van der Waals surface area contributed by atoms with E-state index in [1.54, 1.807) is 0 Å². The van der Waals surface area contributed by atoms with E-state index in [0.29, 0.717) is 6.42 Å². The largest absolute Gasteiger partial charge is 0.480 e. The van der Waals surface area contributed by atoms with Gasteiger partial charge in [-0.3, -0.25) is 9.59 Å². The highest BCUT2D eigenvalue weighted by molar-refractivity contribution is 5.98. The Morgan fingerprint density at radius 1 is 1.25 bits per heavy atom. The summed E-state index contributed by atoms with van der Waals surface area (Å²) in [6.07, 6.45) is 2.85. The Balaban J connectivity index is 4.07. The molecule has 0 radical (unpaired) electrons. The molecule has 0 bridgehead atoms. The molecule has 5 heteroatoms. The number of ketones is 1. The van der Waals surface area contributed by atoms with Gasteiger partial charge in [0.05, 0.1) is 6.42 Å². The van der Waals surface area contributed by atoms with E-state index in [1.165, 1.54) is 6.92 Å². The first-order valence-electron chi connectivity index (χ1n) is 5.49. The third kappa shape index (κ3) is 6.98. The van der Waals surface area contributed by atoms with Gasteiger partial charge in [-0.05, 0) is 13.3 Å². The predicted molar refractivity (Wildman–Crippen MR) is 59.0 cm³/mol. The van der Waals surface area contributed by atoms with Crippen molar-refractivity contribution in [3.63, 3.8) is 0 Å². The van der Waals surface area contributed by atoms with Crippen LogP contribution >= 0.6 is 0 Å². The molecule has 0 fully saturated rings. The number of nitrogens with one attached hydrogen (secondary N) is 1. The summed E-state index contributed by atoms with van der Waals surface area (Å²) in [6, 6.07) is -0.876. The summed E-state index contributed by atoms with van der Waals surface area (Å²) >= 11 is 0. The van der Waals surface area contributed by atoms with Gasteiger partial charge in [0, 0.05) is 0 Å². The lowest BCUT2D eigenvalue weighted by Gasteiger charge is -2.13. The lowest BCUT2D eigenvalue weighted by molar-refractivity contribution is -0.142. The van der Waals surface area contributed by atoms with Crippen molar-refractivity contribution in [3.05, 3.63) is 0 Å². The fourth-order valence-corrected chi connectivity index (χ4v) is 1.33. The summed E-state index contributed by atoms with van der Waals surface area (Å²) in [7, 11) is 0. The van der Waals surface area contributed by atoms with Gasteiger partial charge in [0.25, 0.3) is 0 Å². The van der Waals surface area contributed by atoms with E-state index in [2.05, 4.69) is 5.32 Å². The van der Waals surface area contributed by atoms with Crippen molar-refractivity contribution in [2.24, 2.45) is 0 Å². The van der Waals surface area contributed by atoms with Crippen molar-refractivity contribution in [2.45, 2.75) is 52.0 Å². The number of aliphatic carboxylic acids is 1. The minimum absolute atomic E-state index is 0.252. The number of Topliss-reactive ketones (excluding diaryl/α,β-unsaturated/α-hetero) is 1. The standard InChI is InChI=1S/C11H19NO4/c1-3-4-5-6-9(11(15)16)12-10(14)7-8(2)13/h9H,3-7H2,1-2H3,(H,12,14)(H,15,16). The maximum Gasteiger partial charge on any atom is 0.326 e. The summed E-state index contributed by atoms with van der Waals surface area (Å²) in [5.74, 6) is -1.83. The van der Waals surface area contributed by atoms with E-state index < -0.39 is 17.9 Å². The van der Waals surface area contributed by atoms with Crippen LogP contribution in [0.4, 0.5) is 0 Å². The van der Waals surface area contributed by atoms with E-state index in [1.807, 2.05) is 6.92 Å². The molecule has 1 unspecified atom stereocenters. The molecule has 0 aliphatic heterocycles. The highest BCUT2D eigenvalue weighted by Crippen LogP contribution is 2.04. The lowest BCUT2D eigenvalue weighted by Crippen LogP contribution is -2.41. The first-order chi connectivity index (χ1) is 7.47. The van der Waals surface area contributed by atoms with Crippen LogP contribution in [0.5, 0.6) is 0 Å². The molecule has 0 saturated heterocycles. The minimum atomic E-state index is -1.05. The van der Waals surface area contributed by atoms with Gasteiger partial charge >= 0.3 is 5.97 Å². The van der Waals surface area contributed by atoms with Gasteiger partial charge in [0.2, 0.25) is 5.91 Å². The number of hydrogen-bond donors (Lipinski definition) is 2. The van der Waals surface area contributed by atoms with Crippen molar-refractivity contribution in [1.82, 2.24) is 5.32 Å². The van der Waals surface area contributed by atoms with Gasteiger partial charge in [-0.25, -0.2) is 4.79 Å². The molecule has 16 heavy (non-hydrogen) atoms. The smallest absolute Gasteiger partial charge is 0.326 e. The summed E-state index contributed by atoms with van der Waals surface area (Å²) in [4.78, 5) is 32.7. The Bertz CT molecular complexity index is 263. The Kier molecular flexibility index (Phi) is 7.16. The quantitative estimate of drug-likeness (QED) is 0.482. The molecular weight excluding hydrogens is 210 g/mol. The maximum absolute atomic E-state index is 11.2. The zero-order valence-corrected chi connectivity index (χ0v) is 9.78. The van der Waals surface area contributed by atoms with Crippen molar-refractivity contribution in [2.75, 3.05) is 0 Å². The lowest BCUT2D eigenvalue weighted by atomic mass is 10.1. The normalized spacial score (nSPS) is 11.9. The molecule has 1 amide bonds. The first-order valence-corrected chi connectivity index (χ1v) is 5.49. The van der Waals surface area contributed by atoms with Crippen LogP contribution in [-0.4, -0.2) is 28.8 Å². The Morgan fingerprint density at radius 3 is 2.31 bits per heavy atom. The number of carbonyl (C=O) groups excluding carboxylic acids is 2. The molecule has 1 atom stereocenters. The molecule has 92 valence electrons. The predicted octanol–water partition coefficient (Wildman–Crippen LogP) is 1.12. The number of amides is 1. The zero-order chi connectivity index (χ0) is 12.6. The molecule has 2 N–H and O–H groups in total. The molecule has 0 aliphatic rings. The molecule has 0 aromatic carbocycles. The van der Waals surface area contributed by atoms with Gasteiger partial charge in [0.15, 0.2) is 0 Å². The number of carboxylic acids is 1. The summed E-state index contributed by atoms with van der Waals surface area (Å²) in [5.41, 5.74) is 0. The van der Waals surface area contributed by atoms with E-state index in [9.17, 15) is 14.4 Å². The minimum Gasteiger partial charge on any atom is -0.480 e. The van der Waals surface area contributed by atoms with Crippen LogP contribution in [-0.2, 0) is 14.4 Å². The topological polar surface area (TPSA) is 83.5 Å².